The maximum absolute atomic E-state index is 8.98. The Balaban J connectivity index is 1.56. The Morgan fingerprint density at radius 2 is 0.871 bits per heavy atom. The number of nitriles is 2. The highest BCUT2D eigenvalue weighted by atomic mass is 14.2. The van der Waals surface area contributed by atoms with Gasteiger partial charge in [-0.15, -0.1) is 0 Å². The van der Waals surface area contributed by atoms with Crippen LogP contribution in [0, 0.1) is 36.5 Å². The van der Waals surface area contributed by atoms with Gasteiger partial charge in [0, 0.05) is 0 Å². The molecule has 0 unspecified atom stereocenters. The topological polar surface area (TPSA) is 47.6 Å². The van der Waals surface area contributed by atoms with Crippen molar-refractivity contribution in [2.24, 2.45) is 0 Å². The van der Waals surface area contributed by atoms with Crippen LogP contribution in [-0.4, -0.2) is 0 Å². The van der Waals surface area contributed by atoms with Crippen LogP contribution in [0.3, 0.4) is 0 Å². The van der Waals surface area contributed by atoms with Crippen molar-refractivity contribution in [1.82, 2.24) is 0 Å². The molecule has 4 aromatic rings. The lowest BCUT2D eigenvalue weighted by molar-refractivity contribution is 1.13. The molecule has 0 spiro atoms. The molecule has 4 rings (SSSR count). The van der Waals surface area contributed by atoms with E-state index in [1.807, 2.05) is 48.5 Å². The number of hydrogen-bond donors (Lipinski definition) is 0. The maximum Gasteiger partial charge on any atom is 0.0991 e. The van der Waals surface area contributed by atoms with Crippen molar-refractivity contribution in [2.45, 2.75) is 20.3 Å². The predicted octanol–water partition coefficient (Wildman–Crippen LogP) is 6.97. The first kappa shape index (κ1) is 20.1. The van der Waals surface area contributed by atoms with E-state index in [1.165, 1.54) is 33.4 Å². The number of aryl methyl sites for hydroxylation is 2. The molecular formula is C29H22N2. The zero-order valence-electron chi connectivity index (χ0n) is 17.7. The number of hydrogen-bond acceptors (Lipinski definition) is 2. The van der Waals surface area contributed by atoms with Gasteiger partial charge in [0.05, 0.1) is 23.3 Å². The van der Waals surface area contributed by atoms with Gasteiger partial charge in [0.1, 0.15) is 0 Å². The summed E-state index contributed by atoms with van der Waals surface area (Å²) in [6, 6.07) is 32.9. The van der Waals surface area contributed by atoms with E-state index in [2.05, 4.69) is 62.4 Å². The summed E-state index contributed by atoms with van der Waals surface area (Å²) in [5.74, 6) is 0. The van der Waals surface area contributed by atoms with Gasteiger partial charge in [-0.3, -0.25) is 0 Å². The smallest absolute Gasteiger partial charge is 0.0991 e. The fourth-order valence-corrected chi connectivity index (χ4v) is 3.83. The summed E-state index contributed by atoms with van der Waals surface area (Å²) < 4.78 is 0. The Bertz CT molecular complexity index is 1210. The lowest BCUT2D eigenvalue weighted by Crippen LogP contribution is -1.96. The molecule has 0 fully saturated rings. The van der Waals surface area contributed by atoms with Gasteiger partial charge in [0.25, 0.3) is 0 Å². The molecule has 0 radical (unpaired) electrons. The molecule has 0 N–H and O–H groups in total. The van der Waals surface area contributed by atoms with Crippen molar-refractivity contribution in [3.05, 3.63) is 118 Å². The van der Waals surface area contributed by atoms with Crippen LogP contribution in [0.15, 0.2) is 84.9 Å². The second-order valence-electron chi connectivity index (χ2n) is 7.84. The van der Waals surface area contributed by atoms with Crippen molar-refractivity contribution in [3.8, 4) is 34.4 Å². The summed E-state index contributed by atoms with van der Waals surface area (Å²) >= 11 is 0. The highest BCUT2D eigenvalue weighted by molar-refractivity contribution is 5.67. The molecule has 0 aliphatic carbocycles. The second-order valence-corrected chi connectivity index (χ2v) is 7.84. The maximum atomic E-state index is 8.98. The Hall–Kier alpha value is -4.14. The summed E-state index contributed by atoms with van der Waals surface area (Å²) in [5.41, 5.74) is 11.1. The minimum absolute atomic E-state index is 0.678. The van der Waals surface area contributed by atoms with Gasteiger partial charge in [-0.2, -0.15) is 10.5 Å². The molecule has 0 heterocycles. The highest BCUT2D eigenvalue weighted by Crippen LogP contribution is 2.27. The van der Waals surface area contributed by atoms with E-state index in [4.69, 9.17) is 10.5 Å². The fraction of sp³-hybridized carbons (Fsp3) is 0.103. The van der Waals surface area contributed by atoms with Crippen molar-refractivity contribution in [1.29, 1.82) is 10.5 Å². The third-order valence-corrected chi connectivity index (χ3v) is 5.76. The molecule has 148 valence electrons. The summed E-state index contributed by atoms with van der Waals surface area (Å²) in [7, 11) is 0. The first-order chi connectivity index (χ1) is 15.1. The number of rotatable bonds is 4. The van der Waals surface area contributed by atoms with Crippen molar-refractivity contribution >= 4 is 0 Å². The van der Waals surface area contributed by atoms with E-state index < -0.39 is 0 Å². The lowest BCUT2D eigenvalue weighted by Gasteiger charge is -2.12. The highest BCUT2D eigenvalue weighted by Gasteiger charge is 2.07. The van der Waals surface area contributed by atoms with Crippen LogP contribution < -0.4 is 0 Å². The van der Waals surface area contributed by atoms with Gasteiger partial charge in [-0.05, 0) is 89.0 Å². The van der Waals surface area contributed by atoms with Gasteiger partial charge in [0.2, 0.25) is 0 Å². The molecule has 31 heavy (non-hydrogen) atoms. The fourth-order valence-electron chi connectivity index (χ4n) is 3.83. The lowest BCUT2D eigenvalue weighted by atomic mass is 9.92. The Labute approximate surface area is 183 Å². The first-order valence-electron chi connectivity index (χ1n) is 10.3. The molecule has 0 aliphatic rings. The van der Waals surface area contributed by atoms with Crippen LogP contribution in [0.25, 0.3) is 22.3 Å². The Morgan fingerprint density at radius 1 is 0.516 bits per heavy atom. The van der Waals surface area contributed by atoms with Crippen molar-refractivity contribution < 1.29 is 0 Å². The van der Waals surface area contributed by atoms with Crippen LogP contribution in [0.1, 0.15) is 33.4 Å². The SMILES string of the molecule is Cc1cc(-c2ccc(C#N)cc2)ccc1Cc1ccc(-c2ccc(C#N)cc2)cc1C. The summed E-state index contributed by atoms with van der Waals surface area (Å²) in [4.78, 5) is 0. The standard InChI is InChI=1S/C29H22N2/c1-20-15-28(24-7-3-22(18-30)4-8-24)13-11-26(20)17-27-12-14-29(16-21(27)2)25-9-5-23(19-31)6-10-25/h3-16H,17H2,1-2H3. The zero-order chi connectivity index (χ0) is 21.8. The van der Waals surface area contributed by atoms with Crippen LogP contribution in [-0.2, 0) is 6.42 Å². The monoisotopic (exact) mass is 398 g/mol. The largest absolute Gasteiger partial charge is 0.192 e. The summed E-state index contributed by atoms with van der Waals surface area (Å²) in [6.45, 7) is 4.31. The molecule has 0 bridgehead atoms. The third kappa shape index (κ3) is 4.40. The number of benzene rings is 4. The molecule has 2 heteroatoms. The van der Waals surface area contributed by atoms with Crippen LogP contribution in [0.2, 0.25) is 0 Å². The van der Waals surface area contributed by atoms with E-state index >= 15 is 0 Å². The minimum atomic E-state index is 0.678. The first-order valence-corrected chi connectivity index (χ1v) is 10.3. The predicted molar refractivity (Wildman–Crippen MR) is 125 cm³/mol. The zero-order valence-corrected chi connectivity index (χ0v) is 17.7. The van der Waals surface area contributed by atoms with E-state index in [9.17, 15) is 0 Å². The Kier molecular flexibility index (Phi) is 5.65. The summed E-state index contributed by atoms with van der Waals surface area (Å²) in [5, 5.41) is 18.0. The molecule has 0 atom stereocenters. The van der Waals surface area contributed by atoms with Gasteiger partial charge >= 0.3 is 0 Å². The van der Waals surface area contributed by atoms with E-state index in [0.717, 1.165) is 17.5 Å². The summed E-state index contributed by atoms with van der Waals surface area (Å²) in [6.07, 6.45) is 0.888. The molecule has 2 nitrogen and oxygen atoms in total. The average molecular weight is 399 g/mol. The van der Waals surface area contributed by atoms with Crippen molar-refractivity contribution in [3.63, 3.8) is 0 Å². The van der Waals surface area contributed by atoms with E-state index in [0.29, 0.717) is 11.1 Å². The van der Waals surface area contributed by atoms with Crippen LogP contribution >= 0.6 is 0 Å². The molecule has 0 aliphatic heterocycles. The molecule has 4 aromatic carbocycles. The van der Waals surface area contributed by atoms with E-state index in [1.54, 1.807) is 0 Å². The normalized spacial score (nSPS) is 10.3. The third-order valence-electron chi connectivity index (χ3n) is 5.76. The van der Waals surface area contributed by atoms with Crippen LogP contribution in [0.4, 0.5) is 0 Å². The molecule has 0 saturated carbocycles. The molecule has 0 saturated heterocycles. The second kappa shape index (κ2) is 8.70. The van der Waals surface area contributed by atoms with Gasteiger partial charge in [0.15, 0.2) is 0 Å². The number of nitrogens with zero attached hydrogens (tertiary/aromatic N) is 2. The molecule has 0 amide bonds. The van der Waals surface area contributed by atoms with E-state index in [-0.39, 0.29) is 0 Å². The van der Waals surface area contributed by atoms with Gasteiger partial charge < -0.3 is 0 Å². The van der Waals surface area contributed by atoms with Gasteiger partial charge in [-0.1, -0.05) is 60.7 Å². The van der Waals surface area contributed by atoms with Gasteiger partial charge in [-0.25, -0.2) is 0 Å². The Morgan fingerprint density at radius 3 is 1.19 bits per heavy atom. The molecule has 0 aromatic heterocycles. The van der Waals surface area contributed by atoms with Crippen molar-refractivity contribution in [2.75, 3.05) is 0 Å². The minimum Gasteiger partial charge on any atom is -0.192 e. The molecular weight excluding hydrogens is 376 g/mol. The van der Waals surface area contributed by atoms with Crippen LogP contribution in [0.5, 0.6) is 0 Å². The average Bonchev–Trinajstić information content (AvgIpc) is 2.81. The quantitative estimate of drug-likeness (QED) is 0.372.